The van der Waals surface area contributed by atoms with Gasteiger partial charge in [0.25, 0.3) is 0 Å². The third-order valence-corrected chi connectivity index (χ3v) is 5.20. The summed E-state index contributed by atoms with van der Waals surface area (Å²) < 4.78 is 0. The minimum Gasteiger partial charge on any atom is -0.360 e. The first-order chi connectivity index (χ1) is 8.43. The molecular weight excluding hydrogens is 228 g/mol. The summed E-state index contributed by atoms with van der Waals surface area (Å²) in [5.41, 5.74) is 1.40. The van der Waals surface area contributed by atoms with Crippen LogP contribution < -0.4 is 9.80 Å². The van der Waals surface area contributed by atoms with E-state index in [2.05, 4.69) is 47.0 Å². The van der Waals surface area contributed by atoms with Crippen molar-refractivity contribution in [3.05, 3.63) is 30.3 Å². The number of hydrogen-bond donors (Lipinski definition) is 1. The molecule has 2 aliphatic rings. The van der Waals surface area contributed by atoms with E-state index >= 15 is 0 Å². The second-order valence-electron chi connectivity index (χ2n) is 5.04. The average molecular weight is 249 g/mol. The zero-order valence-electron chi connectivity index (χ0n) is 10.3. The molecular formula is C14H21N2S+. The van der Waals surface area contributed by atoms with Crippen molar-refractivity contribution in [1.82, 2.24) is 0 Å². The standard InChI is InChI=1S/C14H20N2S/c1-2-4-13(5-3-1)15-7-9-16(10-8-15)14-6-11-17-12-14/h1-5,14H,6-12H2/p+1/t14-/m1/s1. The van der Waals surface area contributed by atoms with Gasteiger partial charge in [0, 0.05) is 17.9 Å². The van der Waals surface area contributed by atoms with Crippen molar-refractivity contribution in [3.63, 3.8) is 0 Å². The van der Waals surface area contributed by atoms with Gasteiger partial charge in [-0.15, -0.1) is 0 Å². The fraction of sp³-hybridized carbons (Fsp3) is 0.571. The number of rotatable bonds is 2. The molecule has 17 heavy (non-hydrogen) atoms. The van der Waals surface area contributed by atoms with Crippen LogP contribution in [0.2, 0.25) is 0 Å². The van der Waals surface area contributed by atoms with Crippen LogP contribution in [-0.4, -0.2) is 43.7 Å². The molecule has 1 N–H and O–H groups in total. The predicted molar refractivity (Wildman–Crippen MR) is 75.1 cm³/mol. The number of benzene rings is 1. The van der Waals surface area contributed by atoms with Gasteiger partial charge in [-0.25, -0.2) is 0 Å². The molecule has 3 rings (SSSR count). The van der Waals surface area contributed by atoms with Crippen LogP contribution in [0.5, 0.6) is 0 Å². The van der Waals surface area contributed by atoms with Crippen molar-refractivity contribution >= 4 is 17.4 Å². The van der Waals surface area contributed by atoms with Gasteiger partial charge in [0.05, 0.1) is 32.2 Å². The molecule has 2 fully saturated rings. The SMILES string of the molecule is c1ccc(N2CC[NH+]([C@@H]3CCSC3)CC2)cc1. The normalized spacial score (nSPS) is 26.4. The van der Waals surface area contributed by atoms with Crippen LogP contribution in [-0.2, 0) is 0 Å². The summed E-state index contributed by atoms with van der Waals surface area (Å²) in [6, 6.07) is 11.8. The van der Waals surface area contributed by atoms with Gasteiger partial charge in [0.2, 0.25) is 0 Å². The van der Waals surface area contributed by atoms with Crippen molar-refractivity contribution in [2.45, 2.75) is 12.5 Å². The summed E-state index contributed by atoms with van der Waals surface area (Å²) >= 11 is 2.14. The van der Waals surface area contributed by atoms with Gasteiger partial charge in [0.15, 0.2) is 0 Å². The van der Waals surface area contributed by atoms with E-state index in [1.54, 1.807) is 0 Å². The maximum absolute atomic E-state index is 2.53. The van der Waals surface area contributed by atoms with Gasteiger partial charge in [0.1, 0.15) is 0 Å². The fourth-order valence-corrected chi connectivity index (χ4v) is 4.26. The molecule has 2 heterocycles. The highest BCUT2D eigenvalue weighted by Gasteiger charge is 2.29. The van der Waals surface area contributed by atoms with Crippen molar-refractivity contribution in [3.8, 4) is 0 Å². The van der Waals surface area contributed by atoms with Gasteiger partial charge in [-0.1, -0.05) is 18.2 Å². The van der Waals surface area contributed by atoms with E-state index in [1.165, 1.54) is 49.8 Å². The molecule has 0 saturated carbocycles. The smallest absolute Gasteiger partial charge is 0.0975 e. The summed E-state index contributed by atoms with van der Waals surface area (Å²) in [6.07, 6.45) is 1.44. The highest BCUT2D eigenvalue weighted by Crippen LogP contribution is 2.16. The predicted octanol–water partition coefficient (Wildman–Crippen LogP) is 0.897. The summed E-state index contributed by atoms with van der Waals surface area (Å²) in [5.74, 6) is 2.78. The molecule has 0 aliphatic carbocycles. The molecule has 0 amide bonds. The molecule has 0 spiro atoms. The molecule has 0 bridgehead atoms. The van der Waals surface area contributed by atoms with Crippen LogP contribution >= 0.6 is 11.8 Å². The monoisotopic (exact) mass is 249 g/mol. The number of para-hydroxylation sites is 1. The molecule has 92 valence electrons. The first kappa shape index (κ1) is 11.4. The quantitative estimate of drug-likeness (QED) is 0.833. The molecule has 2 nitrogen and oxygen atoms in total. The zero-order chi connectivity index (χ0) is 11.5. The molecule has 0 aromatic heterocycles. The third kappa shape index (κ3) is 2.61. The van der Waals surface area contributed by atoms with Crippen molar-refractivity contribution < 1.29 is 4.90 Å². The lowest BCUT2D eigenvalue weighted by Crippen LogP contribution is -3.18. The van der Waals surface area contributed by atoms with Gasteiger partial charge < -0.3 is 9.80 Å². The van der Waals surface area contributed by atoms with Crippen LogP contribution in [0, 0.1) is 0 Å². The fourth-order valence-electron chi connectivity index (χ4n) is 2.96. The Morgan fingerprint density at radius 1 is 1.12 bits per heavy atom. The van der Waals surface area contributed by atoms with Gasteiger partial charge in [-0.2, -0.15) is 11.8 Å². The second kappa shape index (κ2) is 5.32. The van der Waals surface area contributed by atoms with E-state index in [1.807, 2.05) is 4.90 Å². The van der Waals surface area contributed by atoms with E-state index in [0.29, 0.717) is 0 Å². The molecule has 2 aliphatic heterocycles. The van der Waals surface area contributed by atoms with E-state index in [9.17, 15) is 0 Å². The molecule has 1 aromatic carbocycles. The number of anilines is 1. The first-order valence-corrected chi connectivity index (χ1v) is 7.81. The highest BCUT2D eigenvalue weighted by atomic mass is 32.2. The Hall–Kier alpha value is -0.670. The van der Waals surface area contributed by atoms with Gasteiger partial charge in [-0.3, -0.25) is 0 Å². The van der Waals surface area contributed by atoms with E-state index in [-0.39, 0.29) is 0 Å². The second-order valence-corrected chi connectivity index (χ2v) is 6.19. The number of quaternary nitrogens is 1. The zero-order valence-corrected chi connectivity index (χ0v) is 11.1. The lowest BCUT2D eigenvalue weighted by molar-refractivity contribution is -0.922. The van der Waals surface area contributed by atoms with Crippen molar-refractivity contribution in [2.75, 3.05) is 42.6 Å². The first-order valence-electron chi connectivity index (χ1n) is 6.66. The maximum atomic E-state index is 2.53. The van der Waals surface area contributed by atoms with E-state index in [4.69, 9.17) is 0 Å². The highest BCUT2D eigenvalue weighted by molar-refractivity contribution is 7.99. The van der Waals surface area contributed by atoms with Crippen molar-refractivity contribution in [1.29, 1.82) is 0 Å². The lowest BCUT2D eigenvalue weighted by Gasteiger charge is -2.36. The third-order valence-electron chi connectivity index (χ3n) is 4.03. The summed E-state index contributed by atoms with van der Waals surface area (Å²) in [5, 5.41) is 0. The van der Waals surface area contributed by atoms with Gasteiger partial charge in [-0.05, 0) is 17.9 Å². The summed E-state index contributed by atoms with van der Waals surface area (Å²) in [6.45, 7) is 5.08. The average Bonchev–Trinajstić information content (AvgIpc) is 2.94. The molecule has 0 unspecified atom stereocenters. The number of nitrogens with one attached hydrogen (secondary N) is 1. The number of hydrogen-bond acceptors (Lipinski definition) is 2. The van der Waals surface area contributed by atoms with Crippen LogP contribution in [0.1, 0.15) is 6.42 Å². The lowest BCUT2D eigenvalue weighted by atomic mass is 10.2. The number of piperazine rings is 1. The Bertz CT molecular complexity index is 340. The number of thioether (sulfide) groups is 1. The Labute approximate surface area is 108 Å². The summed E-state index contributed by atoms with van der Waals surface area (Å²) in [4.78, 5) is 4.38. The Morgan fingerprint density at radius 2 is 1.88 bits per heavy atom. The number of nitrogens with zero attached hydrogens (tertiary/aromatic N) is 1. The topological polar surface area (TPSA) is 7.68 Å². The van der Waals surface area contributed by atoms with Gasteiger partial charge >= 0.3 is 0 Å². The van der Waals surface area contributed by atoms with Crippen LogP contribution in [0.4, 0.5) is 5.69 Å². The van der Waals surface area contributed by atoms with E-state index in [0.717, 1.165) is 6.04 Å². The Kier molecular flexibility index (Phi) is 3.57. The Balaban J connectivity index is 1.57. The molecule has 2 saturated heterocycles. The molecule has 1 atom stereocenters. The minimum absolute atomic E-state index is 0.943. The Morgan fingerprint density at radius 3 is 2.53 bits per heavy atom. The molecule has 1 aromatic rings. The van der Waals surface area contributed by atoms with Crippen LogP contribution in [0.3, 0.4) is 0 Å². The van der Waals surface area contributed by atoms with Crippen molar-refractivity contribution in [2.24, 2.45) is 0 Å². The maximum Gasteiger partial charge on any atom is 0.0975 e. The molecule has 0 radical (unpaired) electrons. The summed E-state index contributed by atoms with van der Waals surface area (Å²) in [7, 11) is 0. The van der Waals surface area contributed by atoms with Crippen LogP contribution in [0.15, 0.2) is 30.3 Å². The van der Waals surface area contributed by atoms with E-state index < -0.39 is 0 Å². The minimum atomic E-state index is 0.943. The molecule has 3 heteroatoms. The van der Waals surface area contributed by atoms with Crippen LogP contribution in [0.25, 0.3) is 0 Å². The largest absolute Gasteiger partial charge is 0.360 e.